The predicted molar refractivity (Wildman–Crippen MR) is 173 cm³/mol. The minimum Gasteiger partial charge on any atom is -0.493 e. The number of rotatable bonds is 11. The lowest BCUT2D eigenvalue weighted by atomic mass is 10.1. The maximum absolute atomic E-state index is 15.3. The number of fused-ring (bicyclic) bond motifs is 1. The number of benzene rings is 3. The summed E-state index contributed by atoms with van der Waals surface area (Å²) in [6.45, 7) is 3.82. The minimum atomic E-state index is -1.02. The number of carbonyl (C=O) groups is 2. The van der Waals surface area contributed by atoms with Gasteiger partial charge in [-0.15, -0.1) is 0 Å². The van der Waals surface area contributed by atoms with Crippen LogP contribution in [0.15, 0.2) is 82.6 Å². The third-order valence-corrected chi connectivity index (χ3v) is 7.52. The van der Waals surface area contributed by atoms with Crippen LogP contribution in [-0.4, -0.2) is 58.1 Å². The van der Waals surface area contributed by atoms with Gasteiger partial charge in [-0.25, -0.2) is 18.1 Å². The number of hydrogen-bond donors (Lipinski definition) is 1. The number of hydrogen-bond acceptors (Lipinski definition) is 8. The molecule has 2 aromatic heterocycles. The fourth-order valence-corrected chi connectivity index (χ4v) is 5.03. The van der Waals surface area contributed by atoms with E-state index in [1.807, 2.05) is 0 Å². The maximum atomic E-state index is 15.3. The van der Waals surface area contributed by atoms with Gasteiger partial charge in [-0.2, -0.15) is 0 Å². The lowest BCUT2D eigenvalue weighted by Gasteiger charge is -2.20. The first-order valence-corrected chi connectivity index (χ1v) is 14.8. The number of methoxy groups -OCH3 is 2. The second-order valence-electron chi connectivity index (χ2n) is 10.4. The molecule has 0 spiro atoms. The van der Waals surface area contributed by atoms with Gasteiger partial charge in [0.05, 0.1) is 25.4 Å². The molecule has 48 heavy (non-hydrogen) atoms. The number of amides is 2. The molecule has 14 heteroatoms. The van der Waals surface area contributed by atoms with Crippen molar-refractivity contribution in [3.63, 3.8) is 0 Å². The Morgan fingerprint density at radius 1 is 0.875 bits per heavy atom. The summed E-state index contributed by atoms with van der Waals surface area (Å²) in [4.78, 5) is 59.0. The van der Waals surface area contributed by atoms with Gasteiger partial charge in [-0.1, -0.05) is 0 Å². The molecule has 0 bridgehead atoms. The van der Waals surface area contributed by atoms with Gasteiger partial charge in [0.1, 0.15) is 23.7 Å². The fourth-order valence-electron chi connectivity index (χ4n) is 5.03. The zero-order valence-electron chi connectivity index (χ0n) is 26.5. The molecule has 0 saturated carbocycles. The Kier molecular flexibility index (Phi) is 9.83. The SMILES string of the molecule is CCN(CC)C(=O)Cn1cc(C(=O)Nc2ccc(Oc3ccnc4cc(OC)c(OC)cc34)c(F)c2)c(=O)n(-c2ccc(F)cc2)c1=O. The predicted octanol–water partition coefficient (Wildman–Crippen LogP) is 4.76. The highest BCUT2D eigenvalue weighted by Crippen LogP contribution is 2.37. The van der Waals surface area contributed by atoms with E-state index in [1.165, 1.54) is 49.6 Å². The molecule has 0 unspecified atom stereocenters. The van der Waals surface area contributed by atoms with Crippen LogP contribution in [0.4, 0.5) is 14.5 Å². The summed E-state index contributed by atoms with van der Waals surface area (Å²) in [5, 5.41) is 2.99. The molecule has 2 amide bonds. The number of nitrogens with one attached hydrogen (secondary N) is 1. The molecule has 5 rings (SSSR count). The Morgan fingerprint density at radius 3 is 2.21 bits per heavy atom. The van der Waals surface area contributed by atoms with Crippen LogP contribution < -0.4 is 30.8 Å². The van der Waals surface area contributed by atoms with Crippen molar-refractivity contribution in [1.29, 1.82) is 0 Å². The summed E-state index contributed by atoms with van der Waals surface area (Å²) >= 11 is 0. The summed E-state index contributed by atoms with van der Waals surface area (Å²) in [7, 11) is 2.97. The van der Waals surface area contributed by atoms with Crippen LogP contribution in [0.5, 0.6) is 23.0 Å². The number of pyridine rings is 1. The molecule has 2 heterocycles. The summed E-state index contributed by atoms with van der Waals surface area (Å²) in [5.41, 5.74) is -1.97. The van der Waals surface area contributed by atoms with Gasteiger partial charge in [0.15, 0.2) is 23.1 Å². The van der Waals surface area contributed by atoms with Gasteiger partial charge in [0.25, 0.3) is 11.5 Å². The normalized spacial score (nSPS) is 10.9. The summed E-state index contributed by atoms with van der Waals surface area (Å²) < 4.78 is 47.1. The first-order valence-electron chi connectivity index (χ1n) is 14.8. The van der Waals surface area contributed by atoms with Crippen molar-refractivity contribution in [2.75, 3.05) is 32.6 Å². The molecule has 0 saturated heterocycles. The lowest BCUT2D eigenvalue weighted by molar-refractivity contribution is -0.131. The molecular weight excluding hydrogens is 628 g/mol. The van der Waals surface area contributed by atoms with E-state index in [0.717, 1.165) is 29.0 Å². The zero-order chi connectivity index (χ0) is 34.5. The van der Waals surface area contributed by atoms with Crippen molar-refractivity contribution in [2.45, 2.75) is 20.4 Å². The van der Waals surface area contributed by atoms with Crippen molar-refractivity contribution in [1.82, 2.24) is 19.0 Å². The van der Waals surface area contributed by atoms with Gasteiger partial charge in [-0.3, -0.25) is 23.9 Å². The van der Waals surface area contributed by atoms with Gasteiger partial charge in [-0.05, 0) is 62.4 Å². The maximum Gasteiger partial charge on any atom is 0.336 e. The van der Waals surface area contributed by atoms with E-state index in [0.29, 0.717) is 40.1 Å². The average Bonchev–Trinajstić information content (AvgIpc) is 3.08. The zero-order valence-corrected chi connectivity index (χ0v) is 26.5. The van der Waals surface area contributed by atoms with E-state index >= 15 is 4.39 Å². The third-order valence-electron chi connectivity index (χ3n) is 7.52. The van der Waals surface area contributed by atoms with Crippen LogP contribution in [0.3, 0.4) is 0 Å². The van der Waals surface area contributed by atoms with Crippen LogP contribution in [0.1, 0.15) is 24.2 Å². The molecular formula is C34H31F2N5O7. The molecule has 0 fully saturated rings. The first-order chi connectivity index (χ1) is 23.1. The second kappa shape index (κ2) is 14.2. The third kappa shape index (κ3) is 6.72. The second-order valence-corrected chi connectivity index (χ2v) is 10.4. The molecule has 5 aromatic rings. The number of nitrogens with zero attached hydrogens (tertiary/aromatic N) is 4. The van der Waals surface area contributed by atoms with Crippen molar-refractivity contribution in [2.24, 2.45) is 0 Å². The molecule has 0 aliphatic carbocycles. The van der Waals surface area contributed by atoms with E-state index in [9.17, 15) is 23.6 Å². The number of likely N-dealkylation sites (N-methyl/N-ethyl adjacent to an activating group) is 1. The number of carbonyl (C=O) groups excluding carboxylic acids is 2. The molecule has 0 atom stereocenters. The van der Waals surface area contributed by atoms with E-state index in [-0.39, 0.29) is 22.9 Å². The van der Waals surface area contributed by atoms with Crippen LogP contribution in [0.2, 0.25) is 0 Å². The largest absolute Gasteiger partial charge is 0.493 e. The smallest absolute Gasteiger partial charge is 0.336 e. The highest BCUT2D eigenvalue weighted by atomic mass is 19.1. The van der Waals surface area contributed by atoms with Crippen molar-refractivity contribution < 1.29 is 32.6 Å². The fraction of sp³-hybridized carbons (Fsp3) is 0.206. The van der Waals surface area contributed by atoms with Gasteiger partial charge in [0.2, 0.25) is 5.91 Å². The van der Waals surface area contributed by atoms with Crippen LogP contribution in [0, 0.1) is 11.6 Å². The molecule has 3 aromatic carbocycles. The Balaban J connectivity index is 1.47. The van der Waals surface area contributed by atoms with Crippen molar-refractivity contribution in [3.05, 3.63) is 111 Å². The lowest BCUT2D eigenvalue weighted by Crippen LogP contribution is -2.44. The molecule has 0 aliphatic heterocycles. The summed E-state index contributed by atoms with van der Waals surface area (Å²) in [6, 6.07) is 13.0. The van der Waals surface area contributed by atoms with Gasteiger partial charge < -0.3 is 24.4 Å². The Bertz CT molecular complexity index is 2130. The number of ether oxygens (including phenoxy) is 3. The van der Waals surface area contributed by atoms with E-state index in [2.05, 4.69) is 10.3 Å². The monoisotopic (exact) mass is 659 g/mol. The Labute approximate surface area is 272 Å². The topological polar surface area (TPSA) is 134 Å². The molecule has 0 radical (unpaired) electrons. The molecule has 248 valence electrons. The first kappa shape index (κ1) is 33.3. The number of anilines is 1. The Hall–Kier alpha value is -6.05. The standard InChI is InChI=1S/C34H31F2N5O7/c1-5-39(6-2)31(42)19-40-18-24(33(44)41(34(40)45)22-10-7-20(35)8-11-22)32(43)38-21-9-12-28(25(36)15-21)48-27-13-14-37-26-17-30(47-4)29(46-3)16-23(26)27/h7-18H,5-6,19H2,1-4H3,(H,38,43). The molecule has 0 aliphatic rings. The van der Waals surface area contributed by atoms with E-state index in [1.54, 1.807) is 32.0 Å². The van der Waals surface area contributed by atoms with E-state index < -0.39 is 46.8 Å². The minimum absolute atomic E-state index is 0.0164. The van der Waals surface area contributed by atoms with Crippen LogP contribution >= 0.6 is 0 Å². The quantitative estimate of drug-likeness (QED) is 0.215. The van der Waals surface area contributed by atoms with Crippen LogP contribution in [0.25, 0.3) is 16.6 Å². The van der Waals surface area contributed by atoms with Crippen molar-refractivity contribution >= 4 is 28.4 Å². The average molecular weight is 660 g/mol. The number of halogens is 2. The number of aromatic nitrogens is 3. The van der Waals surface area contributed by atoms with E-state index in [4.69, 9.17) is 14.2 Å². The summed E-state index contributed by atoms with van der Waals surface area (Å²) in [6.07, 6.45) is 2.47. The van der Waals surface area contributed by atoms with Gasteiger partial charge in [0, 0.05) is 48.7 Å². The highest BCUT2D eigenvalue weighted by molar-refractivity contribution is 6.04. The van der Waals surface area contributed by atoms with Crippen LogP contribution in [-0.2, 0) is 11.3 Å². The molecule has 12 nitrogen and oxygen atoms in total. The summed E-state index contributed by atoms with van der Waals surface area (Å²) in [5.74, 6) is -1.86. The van der Waals surface area contributed by atoms with Gasteiger partial charge >= 0.3 is 5.69 Å². The highest BCUT2D eigenvalue weighted by Gasteiger charge is 2.22. The Morgan fingerprint density at radius 2 is 1.56 bits per heavy atom. The van der Waals surface area contributed by atoms with Crippen molar-refractivity contribution in [3.8, 4) is 28.7 Å². The molecule has 1 N–H and O–H groups in total.